The van der Waals surface area contributed by atoms with Crippen molar-refractivity contribution in [2.45, 2.75) is 40.2 Å². The molecule has 3 heteroatoms. The summed E-state index contributed by atoms with van der Waals surface area (Å²) in [7, 11) is 0. The van der Waals surface area contributed by atoms with Crippen molar-refractivity contribution in [1.82, 2.24) is 15.3 Å². The maximum atomic E-state index is 4.12. The first-order chi connectivity index (χ1) is 6.29. The maximum Gasteiger partial charge on any atom is 0.107 e. The van der Waals surface area contributed by atoms with Crippen LogP contribution in [0.25, 0.3) is 0 Å². The molecule has 0 radical (unpaired) electrons. The molecular weight excluding hydrogens is 162 g/mol. The average Bonchev–Trinajstić information content (AvgIpc) is 2.60. The van der Waals surface area contributed by atoms with E-state index in [1.807, 2.05) is 20.0 Å². The molecular formula is C10H21N3. The highest BCUT2D eigenvalue weighted by Gasteiger charge is 1.94. The Morgan fingerprint density at radius 1 is 1.46 bits per heavy atom. The van der Waals surface area contributed by atoms with Crippen molar-refractivity contribution in [3.63, 3.8) is 0 Å². The molecule has 3 nitrogen and oxygen atoms in total. The van der Waals surface area contributed by atoms with Gasteiger partial charge in [-0.15, -0.1) is 0 Å². The van der Waals surface area contributed by atoms with Gasteiger partial charge in [-0.05, 0) is 0 Å². The van der Waals surface area contributed by atoms with Crippen LogP contribution >= 0.6 is 0 Å². The molecule has 0 spiro atoms. The number of nitrogens with one attached hydrogen (secondary N) is 2. The van der Waals surface area contributed by atoms with Crippen molar-refractivity contribution in [3.05, 3.63) is 18.2 Å². The molecule has 0 fully saturated rings. The van der Waals surface area contributed by atoms with Crippen LogP contribution in [0.3, 0.4) is 0 Å². The summed E-state index contributed by atoms with van der Waals surface area (Å²) in [4.78, 5) is 7.18. The van der Waals surface area contributed by atoms with Crippen molar-refractivity contribution >= 4 is 0 Å². The van der Waals surface area contributed by atoms with Gasteiger partial charge in [-0.3, -0.25) is 0 Å². The van der Waals surface area contributed by atoms with Crippen LogP contribution in [-0.4, -0.2) is 22.6 Å². The second-order valence-electron chi connectivity index (χ2n) is 2.89. The second kappa shape index (κ2) is 7.80. The number of H-pyrrole nitrogens is 1. The fraction of sp³-hybridized carbons (Fsp3) is 0.700. The van der Waals surface area contributed by atoms with Crippen molar-refractivity contribution in [1.29, 1.82) is 0 Å². The highest BCUT2D eigenvalue weighted by molar-refractivity contribution is 4.87. The molecule has 0 atom stereocenters. The largest absolute Gasteiger partial charge is 0.349 e. The summed E-state index contributed by atoms with van der Waals surface area (Å²) >= 11 is 0. The Bertz CT molecular complexity index is 180. The van der Waals surface area contributed by atoms with Crippen molar-refractivity contribution in [2.24, 2.45) is 0 Å². The van der Waals surface area contributed by atoms with Crippen molar-refractivity contribution in [2.75, 3.05) is 6.54 Å². The quantitative estimate of drug-likeness (QED) is 0.749. The topological polar surface area (TPSA) is 40.7 Å². The molecule has 0 saturated heterocycles. The van der Waals surface area contributed by atoms with Gasteiger partial charge < -0.3 is 10.3 Å². The minimum absolute atomic E-state index is 0.560. The summed E-state index contributed by atoms with van der Waals surface area (Å²) in [5.41, 5.74) is 0. The van der Waals surface area contributed by atoms with E-state index in [0.717, 1.165) is 18.8 Å². The van der Waals surface area contributed by atoms with Gasteiger partial charge in [0.2, 0.25) is 0 Å². The third-order valence-corrected chi connectivity index (χ3v) is 1.47. The van der Waals surface area contributed by atoms with Gasteiger partial charge in [0.1, 0.15) is 5.82 Å². The monoisotopic (exact) mass is 183 g/mol. The number of hydrogen-bond donors (Lipinski definition) is 2. The van der Waals surface area contributed by atoms with Crippen molar-refractivity contribution < 1.29 is 0 Å². The lowest BCUT2D eigenvalue weighted by Crippen LogP contribution is -2.25. The zero-order valence-corrected chi connectivity index (χ0v) is 9.09. The van der Waals surface area contributed by atoms with Gasteiger partial charge in [-0.1, -0.05) is 27.7 Å². The lowest BCUT2D eigenvalue weighted by atomic mass is 10.3. The highest BCUT2D eigenvalue weighted by atomic mass is 14.9. The number of hydrogen-bond acceptors (Lipinski definition) is 2. The Kier molecular flexibility index (Phi) is 7.30. The normalized spacial score (nSPS) is 9.62. The fourth-order valence-electron chi connectivity index (χ4n) is 0.914. The second-order valence-corrected chi connectivity index (χ2v) is 2.89. The third kappa shape index (κ3) is 6.34. The SMILES string of the molecule is CC.CC(C)NCCc1ncc[nH]1. The highest BCUT2D eigenvalue weighted by Crippen LogP contribution is 1.88. The fourth-order valence-corrected chi connectivity index (χ4v) is 0.914. The standard InChI is InChI=1S/C8H15N3.C2H6/c1-7(2)9-4-3-8-10-5-6-11-8;1-2/h5-7,9H,3-4H2,1-2H3,(H,10,11);1-2H3. The summed E-state index contributed by atoms with van der Waals surface area (Å²) in [5.74, 6) is 1.05. The van der Waals surface area contributed by atoms with Gasteiger partial charge in [-0.25, -0.2) is 4.98 Å². The third-order valence-electron chi connectivity index (χ3n) is 1.47. The van der Waals surface area contributed by atoms with Crippen molar-refractivity contribution in [3.8, 4) is 0 Å². The van der Waals surface area contributed by atoms with Crippen LogP contribution in [0.4, 0.5) is 0 Å². The molecule has 0 aliphatic carbocycles. The Balaban J connectivity index is 0.000000671. The van der Waals surface area contributed by atoms with E-state index < -0.39 is 0 Å². The molecule has 1 rings (SSSR count). The van der Waals surface area contributed by atoms with E-state index in [-0.39, 0.29) is 0 Å². The summed E-state index contributed by atoms with van der Waals surface area (Å²) in [6.45, 7) is 9.27. The van der Waals surface area contributed by atoms with E-state index >= 15 is 0 Å². The maximum absolute atomic E-state index is 4.12. The molecule has 2 N–H and O–H groups in total. The predicted octanol–water partition coefficient (Wildman–Crippen LogP) is 1.98. The molecule has 0 unspecified atom stereocenters. The Labute approximate surface area is 81.0 Å². The van der Waals surface area contributed by atoms with E-state index in [9.17, 15) is 0 Å². The van der Waals surface area contributed by atoms with Gasteiger partial charge in [0, 0.05) is 31.4 Å². The van der Waals surface area contributed by atoms with Gasteiger partial charge in [0.25, 0.3) is 0 Å². The van der Waals surface area contributed by atoms with E-state index in [0.29, 0.717) is 6.04 Å². The Hall–Kier alpha value is -0.830. The molecule has 0 aliphatic heterocycles. The first-order valence-electron chi connectivity index (χ1n) is 5.00. The number of aromatic amines is 1. The summed E-state index contributed by atoms with van der Waals surface area (Å²) in [5, 5.41) is 3.32. The molecule has 1 heterocycles. The molecule has 13 heavy (non-hydrogen) atoms. The Morgan fingerprint density at radius 3 is 2.62 bits per heavy atom. The molecule has 0 aromatic carbocycles. The minimum Gasteiger partial charge on any atom is -0.349 e. The number of nitrogens with zero attached hydrogens (tertiary/aromatic N) is 1. The summed E-state index contributed by atoms with van der Waals surface area (Å²) in [6, 6.07) is 0.560. The van der Waals surface area contributed by atoms with Crippen LogP contribution in [0.15, 0.2) is 12.4 Å². The number of aromatic nitrogens is 2. The molecule has 0 aliphatic rings. The first-order valence-corrected chi connectivity index (χ1v) is 5.00. The average molecular weight is 183 g/mol. The van der Waals surface area contributed by atoms with Gasteiger partial charge in [0.05, 0.1) is 0 Å². The van der Waals surface area contributed by atoms with Crippen LogP contribution in [0.2, 0.25) is 0 Å². The first kappa shape index (κ1) is 12.2. The zero-order chi connectivity index (χ0) is 10.1. The van der Waals surface area contributed by atoms with Crippen LogP contribution in [0, 0.1) is 0 Å². The molecule has 76 valence electrons. The van der Waals surface area contributed by atoms with Gasteiger partial charge in [0.15, 0.2) is 0 Å². The van der Waals surface area contributed by atoms with E-state index in [1.54, 1.807) is 6.20 Å². The predicted molar refractivity (Wildman–Crippen MR) is 56.8 cm³/mol. The molecule has 1 aromatic heterocycles. The lowest BCUT2D eigenvalue weighted by Gasteiger charge is -2.05. The van der Waals surface area contributed by atoms with E-state index in [1.165, 1.54) is 0 Å². The number of rotatable bonds is 4. The van der Waals surface area contributed by atoms with Crippen LogP contribution < -0.4 is 5.32 Å². The van der Waals surface area contributed by atoms with Gasteiger partial charge in [-0.2, -0.15) is 0 Å². The molecule has 0 bridgehead atoms. The van der Waals surface area contributed by atoms with E-state index in [2.05, 4.69) is 29.1 Å². The molecule has 1 aromatic rings. The van der Waals surface area contributed by atoms with Crippen LogP contribution in [0.5, 0.6) is 0 Å². The van der Waals surface area contributed by atoms with Crippen LogP contribution in [-0.2, 0) is 6.42 Å². The molecule has 0 saturated carbocycles. The smallest absolute Gasteiger partial charge is 0.107 e. The van der Waals surface area contributed by atoms with Crippen LogP contribution in [0.1, 0.15) is 33.5 Å². The van der Waals surface area contributed by atoms with Gasteiger partial charge >= 0.3 is 0 Å². The summed E-state index contributed by atoms with van der Waals surface area (Å²) in [6.07, 6.45) is 4.61. The Morgan fingerprint density at radius 2 is 2.15 bits per heavy atom. The lowest BCUT2D eigenvalue weighted by molar-refractivity contribution is 0.584. The molecule has 0 amide bonds. The van der Waals surface area contributed by atoms with E-state index in [4.69, 9.17) is 0 Å². The minimum atomic E-state index is 0.560. The summed E-state index contributed by atoms with van der Waals surface area (Å²) < 4.78 is 0. The zero-order valence-electron chi connectivity index (χ0n) is 9.09. The number of imidazole rings is 1.